The second kappa shape index (κ2) is 7.65. The zero-order valence-corrected chi connectivity index (χ0v) is 14.6. The number of rotatable bonds is 8. The Kier molecular flexibility index (Phi) is 5.79. The maximum atomic E-state index is 12.5. The Hall–Kier alpha value is -2.41. The molecule has 1 heterocycles. The first-order chi connectivity index (χ1) is 11.8. The van der Waals surface area contributed by atoms with Crippen LogP contribution in [-0.2, 0) is 19.1 Å². The van der Waals surface area contributed by atoms with Crippen molar-refractivity contribution in [2.75, 3.05) is 5.32 Å². The van der Waals surface area contributed by atoms with Crippen molar-refractivity contribution in [2.45, 2.75) is 51.4 Å². The number of amides is 2. The minimum atomic E-state index is -1.47. The van der Waals surface area contributed by atoms with Gasteiger partial charge in [0.1, 0.15) is 6.04 Å². The van der Waals surface area contributed by atoms with Gasteiger partial charge in [-0.25, -0.2) is 4.79 Å². The third-order valence-electron chi connectivity index (χ3n) is 4.20. The van der Waals surface area contributed by atoms with Crippen molar-refractivity contribution in [3.05, 3.63) is 30.3 Å². The highest BCUT2D eigenvalue weighted by Crippen LogP contribution is 2.40. The highest BCUT2D eigenvalue weighted by atomic mass is 16.6. The number of epoxide rings is 1. The number of benzene rings is 1. The van der Waals surface area contributed by atoms with Crippen molar-refractivity contribution in [3.8, 4) is 0 Å². The van der Waals surface area contributed by atoms with Gasteiger partial charge in [0, 0.05) is 5.69 Å². The van der Waals surface area contributed by atoms with E-state index in [-0.39, 0.29) is 18.2 Å². The van der Waals surface area contributed by atoms with Gasteiger partial charge in [-0.2, -0.15) is 0 Å². The molecule has 1 aromatic rings. The van der Waals surface area contributed by atoms with Crippen LogP contribution in [-0.4, -0.2) is 40.6 Å². The molecule has 2 amide bonds. The van der Waals surface area contributed by atoms with Gasteiger partial charge in [0.25, 0.3) is 5.91 Å². The van der Waals surface area contributed by atoms with E-state index in [4.69, 9.17) is 4.74 Å². The molecule has 0 radical (unpaired) electrons. The lowest BCUT2D eigenvalue weighted by atomic mass is 10.00. The number of carboxylic acid groups (broad SMARTS) is 1. The third-order valence-corrected chi connectivity index (χ3v) is 4.20. The first-order valence-electron chi connectivity index (χ1n) is 8.37. The lowest BCUT2D eigenvalue weighted by Crippen LogP contribution is -2.47. The number of ether oxygens (including phenoxy) is 1. The van der Waals surface area contributed by atoms with Crippen LogP contribution in [0.5, 0.6) is 0 Å². The van der Waals surface area contributed by atoms with Crippen LogP contribution in [0.2, 0.25) is 0 Å². The predicted octanol–water partition coefficient (Wildman–Crippen LogP) is 1.79. The molecule has 0 aliphatic carbocycles. The monoisotopic (exact) mass is 348 g/mol. The Morgan fingerprint density at radius 2 is 1.88 bits per heavy atom. The van der Waals surface area contributed by atoms with Crippen LogP contribution in [0, 0.1) is 5.92 Å². The molecule has 1 aromatic carbocycles. The maximum absolute atomic E-state index is 12.5. The van der Waals surface area contributed by atoms with Gasteiger partial charge in [-0.1, -0.05) is 39.0 Å². The summed E-state index contributed by atoms with van der Waals surface area (Å²) >= 11 is 0. The minimum Gasteiger partial charge on any atom is -0.479 e. The van der Waals surface area contributed by atoms with Gasteiger partial charge in [-0.3, -0.25) is 9.59 Å². The van der Waals surface area contributed by atoms with Crippen molar-refractivity contribution in [3.63, 3.8) is 0 Å². The summed E-state index contributed by atoms with van der Waals surface area (Å²) in [6, 6.07) is 8.17. The largest absolute Gasteiger partial charge is 0.479 e. The Balaban J connectivity index is 2.04. The molecule has 2 rings (SSSR count). The summed E-state index contributed by atoms with van der Waals surface area (Å²) in [7, 11) is 0. The highest BCUT2D eigenvalue weighted by molar-refractivity contribution is 6.00. The molecule has 1 saturated heterocycles. The molecule has 1 fully saturated rings. The Labute approximate surface area is 146 Å². The van der Waals surface area contributed by atoms with E-state index in [1.54, 1.807) is 31.2 Å². The van der Waals surface area contributed by atoms with Crippen LogP contribution in [0.15, 0.2) is 30.3 Å². The summed E-state index contributed by atoms with van der Waals surface area (Å²) < 4.78 is 5.14. The van der Waals surface area contributed by atoms with Gasteiger partial charge in [0.15, 0.2) is 6.10 Å². The SMILES string of the molecule is CC[C@]1(C(=O)O)O[C@@H]1C(=O)N[C@@H](CC(C)C)C(=O)Nc1ccccc1. The van der Waals surface area contributed by atoms with Crippen LogP contribution in [0.25, 0.3) is 0 Å². The zero-order valence-electron chi connectivity index (χ0n) is 14.6. The van der Waals surface area contributed by atoms with Gasteiger partial charge >= 0.3 is 5.97 Å². The van der Waals surface area contributed by atoms with Crippen molar-refractivity contribution in [1.29, 1.82) is 0 Å². The fraction of sp³-hybridized carbons (Fsp3) is 0.500. The Morgan fingerprint density at radius 3 is 2.36 bits per heavy atom. The predicted molar refractivity (Wildman–Crippen MR) is 92.0 cm³/mol. The van der Waals surface area contributed by atoms with Crippen LogP contribution < -0.4 is 10.6 Å². The fourth-order valence-electron chi connectivity index (χ4n) is 2.73. The van der Waals surface area contributed by atoms with Crippen LogP contribution >= 0.6 is 0 Å². The number of hydrogen-bond acceptors (Lipinski definition) is 4. The molecule has 1 aliphatic heterocycles. The van der Waals surface area contributed by atoms with E-state index in [9.17, 15) is 19.5 Å². The second-order valence-electron chi connectivity index (χ2n) is 6.59. The molecule has 3 atom stereocenters. The Morgan fingerprint density at radius 1 is 1.24 bits per heavy atom. The first kappa shape index (κ1) is 18.9. The summed E-state index contributed by atoms with van der Waals surface area (Å²) in [5.74, 6) is -1.91. The van der Waals surface area contributed by atoms with Gasteiger partial charge in [-0.15, -0.1) is 0 Å². The molecule has 0 saturated carbocycles. The summed E-state index contributed by atoms with van der Waals surface area (Å²) in [5.41, 5.74) is -0.839. The second-order valence-corrected chi connectivity index (χ2v) is 6.59. The number of carboxylic acids is 1. The summed E-state index contributed by atoms with van der Waals surface area (Å²) in [4.78, 5) is 36.1. The average molecular weight is 348 g/mol. The summed E-state index contributed by atoms with van der Waals surface area (Å²) in [5, 5.41) is 14.6. The van der Waals surface area contributed by atoms with Crippen molar-refractivity contribution in [1.82, 2.24) is 5.32 Å². The highest BCUT2D eigenvalue weighted by Gasteiger charge is 2.65. The topological polar surface area (TPSA) is 108 Å². The standard InChI is InChI=1S/C18H24N2O5/c1-4-18(17(23)24)14(25-18)16(22)20-13(10-11(2)3)15(21)19-12-8-6-5-7-9-12/h5-9,11,13-14H,4,10H2,1-3H3,(H,19,21)(H,20,22)(H,23,24)/t13-,14+,18-/m0/s1. The molecule has 0 spiro atoms. The van der Waals surface area contributed by atoms with Crippen LogP contribution in [0.1, 0.15) is 33.6 Å². The molecule has 0 aromatic heterocycles. The number of nitrogens with one attached hydrogen (secondary N) is 2. The minimum absolute atomic E-state index is 0.169. The van der Waals surface area contributed by atoms with Crippen molar-refractivity contribution in [2.24, 2.45) is 5.92 Å². The summed E-state index contributed by atoms with van der Waals surface area (Å²) in [6.07, 6.45) is -0.441. The van der Waals surface area contributed by atoms with E-state index in [1.165, 1.54) is 0 Å². The lowest BCUT2D eigenvalue weighted by molar-refractivity contribution is -0.143. The zero-order chi connectivity index (χ0) is 18.6. The lowest BCUT2D eigenvalue weighted by Gasteiger charge is -2.20. The maximum Gasteiger partial charge on any atom is 0.339 e. The molecule has 7 nitrogen and oxygen atoms in total. The number of aliphatic carboxylic acids is 1. The van der Waals surface area contributed by atoms with Crippen molar-refractivity contribution >= 4 is 23.5 Å². The molecule has 25 heavy (non-hydrogen) atoms. The molecule has 3 N–H and O–H groups in total. The van der Waals surface area contributed by atoms with Crippen LogP contribution in [0.4, 0.5) is 5.69 Å². The number of carbonyl (C=O) groups excluding carboxylic acids is 2. The van der Waals surface area contributed by atoms with E-state index in [0.717, 1.165) is 0 Å². The molecular weight excluding hydrogens is 324 g/mol. The van der Waals surface area contributed by atoms with Gasteiger partial charge < -0.3 is 20.5 Å². The van der Waals surface area contributed by atoms with Gasteiger partial charge in [0.05, 0.1) is 0 Å². The van der Waals surface area contributed by atoms with E-state index in [0.29, 0.717) is 12.1 Å². The van der Waals surface area contributed by atoms with Gasteiger partial charge in [-0.05, 0) is 30.9 Å². The molecule has 136 valence electrons. The fourth-order valence-corrected chi connectivity index (χ4v) is 2.73. The summed E-state index contributed by atoms with van der Waals surface area (Å²) in [6.45, 7) is 5.53. The van der Waals surface area contributed by atoms with Crippen LogP contribution in [0.3, 0.4) is 0 Å². The smallest absolute Gasteiger partial charge is 0.339 e. The Bertz CT molecular complexity index is 646. The van der Waals surface area contributed by atoms with E-state index in [1.807, 2.05) is 19.9 Å². The quantitative estimate of drug-likeness (QED) is 0.621. The first-order valence-corrected chi connectivity index (χ1v) is 8.37. The van der Waals surface area contributed by atoms with Gasteiger partial charge in [0.2, 0.25) is 11.5 Å². The van der Waals surface area contributed by atoms with E-state index >= 15 is 0 Å². The molecule has 1 aliphatic rings. The number of hydrogen-bond donors (Lipinski definition) is 3. The molecule has 7 heteroatoms. The molecule has 0 bridgehead atoms. The van der Waals surface area contributed by atoms with E-state index in [2.05, 4.69) is 10.6 Å². The number of anilines is 1. The molecular formula is C18H24N2O5. The average Bonchev–Trinajstić information content (AvgIpc) is 3.31. The van der Waals surface area contributed by atoms with E-state index < -0.39 is 29.6 Å². The third kappa shape index (κ3) is 4.36. The molecule has 0 unspecified atom stereocenters. The normalized spacial score (nSPS) is 23.0. The van der Waals surface area contributed by atoms with Crippen molar-refractivity contribution < 1.29 is 24.2 Å². The number of para-hydroxylation sites is 1. The number of carbonyl (C=O) groups is 3.